The monoisotopic (exact) mass is 412 g/mol. The molecule has 4 N–H and O–H groups in total. The molecule has 0 fully saturated rings. The fourth-order valence-electron chi connectivity index (χ4n) is 3.18. The molecule has 29 heavy (non-hydrogen) atoms. The van der Waals surface area contributed by atoms with Gasteiger partial charge < -0.3 is 21.3 Å². The molecule has 2 atom stereocenters. The van der Waals surface area contributed by atoms with E-state index in [1.165, 1.54) is 13.8 Å². The summed E-state index contributed by atoms with van der Waals surface area (Å²) in [5.41, 5.74) is 0. The van der Waals surface area contributed by atoms with Crippen molar-refractivity contribution in [2.24, 2.45) is 0 Å². The largest absolute Gasteiger partial charge is 0.351 e. The van der Waals surface area contributed by atoms with Crippen LogP contribution < -0.4 is 21.3 Å². The van der Waals surface area contributed by atoms with Crippen LogP contribution in [0, 0.1) is 0 Å². The van der Waals surface area contributed by atoms with Gasteiger partial charge in [-0.25, -0.2) is 0 Å². The highest BCUT2D eigenvalue weighted by molar-refractivity contribution is 5.90. The molecular weight excluding hydrogens is 372 g/mol. The number of likely N-dealkylation sites (N-methyl/N-ethyl adjacent to an activating group) is 1. The molecule has 0 aromatic carbocycles. The van der Waals surface area contributed by atoms with Crippen molar-refractivity contribution in [2.45, 2.75) is 90.3 Å². The van der Waals surface area contributed by atoms with Gasteiger partial charge in [0.2, 0.25) is 11.8 Å². The van der Waals surface area contributed by atoms with Gasteiger partial charge in [0.15, 0.2) is 0 Å². The number of unbranched alkanes of at least 4 members (excludes halogenated alkanes) is 2. The topological polar surface area (TPSA) is 116 Å². The number of carbonyl (C=O) groups is 4. The summed E-state index contributed by atoms with van der Waals surface area (Å²) < 4.78 is 0. The van der Waals surface area contributed by atoms with Crippen LogP contribution in [0.4, 0.5) is 0 Å². The third kappa shape index (κ3) is 13.1. The first kappa shape index (κ1) is 27.2. The Labute approximate surface area is 175 Å². The Morgan fingerprint density at radius 1 is 0.759 bits per heavy atom. The lowest BCUT2D eigenvalue weighted by Crippen LogP contribution is -2.54. The third-order valence-electron chi connectivity index (χ3n) is 4.73. The van der Waals surface area contributed by atoms with Crippen LogP contribution in [0.3, 0.4) is 0 Å². The van der Waals surface area contributed by atoms with Gasteiger partial charge in [0.1, 0.15) is 17.6 Å². The highest BCUT2D eigenvalue weighted by atomic mass is 16.2. The molecule has 0 aromatic rings. The summed E-state index contributed by atoms with van der Waals surface area (Å²) in [5, 5.41) is 11.7. The van der Waals surface area contributed by atoms with Gasteiger partial charge >= 0.3 is 0 Å². The first-order valence-electron chi connectivity index (χ1n) is 10.7. The third-order valence-corrected chi connectivity index (χ3v) is 4.73. The van der Waals surface area contributed by atoms with Crippen LogP contribution in [-0.2, 0) is 19.2 Å². The zero-order chi connectivity index (χ0) is 22.2. The van der Waals surface area contributed by atoms with E-state index < -0.39 is 12.1 Å². The number of carbonyl (C=O) groups excluding carboxylic acids is 4. The van der Waals surface area contributed by atoms with Crippen LogP contribution in [0.5, 0.6) is 0 Å². The van der Waals surface area contributed by atoms with E-state index in [0.29, 0.717) is 12.8 Å². The SMILES string of the molecule is CCCCC(NC)C(=O)NC(CCCCNC)C(=O)NC(CC(C)=O)CC(C)=O. The Bertz CT molecular complexity index is 509. The van der Waals surface area contributed by atoms with Crippen LogP contribution in [0.15, 0.2) is 0 Å². The van der Waals surface area contributed by atoms with Gasteiger partial charge in [-0.2, -0.15) is 0 Å². The molecular formula is C21H40N4O4. The number of hydrogen-bond donors (Lipinski definition) is 4. The van der Waals surface area contributed by atoms with Crippen molar-refractivity contribution >= 4 is 23.4 Å². The lowest BCUT2D eigenvalue weighted by molar-refractivity contribution is -0.131. The highest BCUT2D eigenvalue weighted by Gasteiger charge is 2.26. The summed E-state index contributed by atoms with van der Waals surface area (Å²) in [6.45, 7) is 5.76. The van der Waals surface area contributed by atoms with Gasteiger partial charge in [0, 0.05) is 18.9 Å². The van der Waals surface area contributed by atoms with Gasteiger partial charge in [0.25, 0.3) is 0 Å². The van der Waals surface area contributed by atoms with Gasteiger partial charge in [-0.15, -0.1) is 0 Å². The first-order valence-corrected chi connectivity index (χ1v) is 10.7. The molecule has 0 saturated heterocycles. The molecule has 0 saturated carbocycles. The summed E-state index contributed by atoms with van der Waals surface area (Å²) in [4.78, 5) is 48.5. The minimum absolute atomic E-state index is 0.0963. The molecule has 0 spiro atoms. The lowest BCUT2D eigenvalue weighted by atomic mass is 10.0. The summed E-state index contributed by atoms with van der Waals surface area (Å²) >= 11 is 0. The van der Waals surface area contributed by atoms with Crippen LogP contribution in [0.1, 0.15) is 72.1 Å². The van der Waals surface area contributed by atoms with Gasteiger partial charge in [-0.3, -0.25) is 19.2 Å². The van der Waals surface area contributed by atoms with E-state index in [9.17, 15) is 19.2 Å². The normalized spacial score (nSPS) is 13.0. The number of Topliss-reactive ketones (excluding diaryl/α,β-unsaturated/α-hetero) is 2. The Morgan fingerprint density at radius 2 is 1.31 bits per heavy atom. The van der Waals surface area contributed by atoms with Crippen LogP contribution in [-0.4, -0.2) is 62.1 Å². The second-order valence-electron chi connectivity index (χ2n) is 7.66. The predicted molar refractivity (Wildman–Crippen MR) is 115 cm³/mol. The second-order valence-corrected chi connectivity index (χ2v) is 7.66. The molecule has 0 aliphatic heterocycles. The Hall–Kier alpha value is -1.80. The number of ketones is 2. The molecule has 0 aliphatic rings. The Kier molecular flexibility index (Phi) is 15.1. The minimum atomic E-state index is -0.696. The molecule has 2 amide bonds. The number of nitrogens with one attached hydrogen (secondary N) is 4. The van der Waals surface area contributed by atoms with Crippen molar-refractivity contribution in [3.8, 4) is 0 Å². The van der Waals surface area contributed by atoms with Gasteiger partial charge in [-0.05, 0) is 60.2 Å². The molecule has 0 rings (SSSR count). The van der Waals surface area contributed by atoms with Crippen molar-refractivity contribution in [1.82, 2.24) is 21.3 Å². The average Bonchev–Trinajstić information content (AvgIpc) is 2.63. The van der Waals surface area contributed by atoms with Gasteiger partial charge in [0.05, 0.1) is 6.04 Å². The number of rotatable bonds is 17. The van der Waals surface area contributed by atoms with Crippen molar-refractivity contribution in [2.75, 3.05) is 20.6 Å². The van der Waals surface area contributed by atoms with E-state index in [1.54, 1.807) is 7.05 Å². The van der Waals surface area contributed by atoms with Gasteiger partial charge in [-0.1, -0.05) is 19.8 Å². The standard InChI is InChI=1S/C21H40N4O4/c1-6-7-10-18(23-5)20(28)25-19(11-8-9-12-22-4)21(29)24-17(13-15(2)26)14-16(3)27/h17-19,22-23H,6-14H2,1-5H3,(H,24,29)(H,25,28). The van der Waals surface area contributed by atoms with Crippen LogP contribution in [0.25, 0.3) is 0 Å². The molecule has 0 heterocycles. The van der Waals surface area contributed by atoms with Crippen molar-refractivity contribution < 1.29 is 19.2 Å². The van der Waals surface area contributed by atoms with Crippen molar-refractivity contribution in [3.05, 3.63) is 0 Å². The maximum absolute atomic E-state index is 12.9. The molecule has 0 bridgehead atoms. The molecule has 8 nitrogen and oxygen atoms in total. The van der Waals surface area contributed by atoms with E-state index in [2.05, 4.69) is 28.2 Å². The molecule has 0 aromatic heterocycles. The fraction of sp³-hybridized carbons (Fsp3) is 0.810. The zero-order valence-corrected chi connectivity index (χ0v) is 18.7. The summed E-state index contributed by atoms with van der Waals surface area (Å²) in [5.74, 6) is -0.744. The minimum Gasteiger partial charge on any atom is -0.351 e. The van der Waals surface area contributed by atoms with E-state index in [-0.39, 0.29) is 42.3 Å². The van der Waals surface area contributed by atoms with Crippen LogP contribution in [0.2, 0.25) is 0 Å². The Morgan fingerprint density at radius 3 is 1.79 bits per heavy atom. The number of amides is 2. The maximum atomic E-state index is 12.9. The Balaban J connectivity index is 5.13. The molecule has 168 valence electrons. The van der Waals surface area contributed by atoms with Crippen LogP contribution >= 0.6 is 0 Å². The van der Waals surface area contributed by atoms with E-state index in [0.717, 1.165) is 32.2 Å². The fourth-order valence-corrected chi connectivity index (χ4v) is 3.18. The van der Waals surface area contributed by atoms with E-state index in [1.807, 2.05) is 7.05 Å². The smallest absolute Gasteiger partial charge is 0.242 e. The quantitative estimate of drug-likeness (QED) is 0.266. The maximum Gasteiger partial charge on any atom is 0.242 e. The average molecular weight is 413 g/mol. The molecule has 8 heteroatoms. The molecule has 0 radical (unpaired) electrons. The first-order chi connectivity index (χ1) is 13.7. The summed E-state index contributed by atoms with van der Waals surface area (Å²) in [7, 11) is 3.60. The van der Waals surface area contributed by atoms with Crippen molar-refractivity contribution in [3.63, 3.8) is 0 Å². The summed E-state index contributed by atoms with van der Waals surface area (Å²) in [6.07, 6.45) is 4.94. The lowest BCUT2D eigenvalue weighted by Gasteiger charge is -2.24. The molecule has 2 unspecified atom stereocenters. The van der Waals surface area contributed by atoms with E-state index >= 15 is 0 Å². The number of hydrogen-bond acceptors (Lipinski definition) is 6. The molecule has 0 aliphatic carbocycles. The highest BCUT2D eigenvalue weighted by Crippen LogP contribution is 2.07. The predicted octanol–water partition coefficient (Wildman–Crippen LogP) is 1.08. The second kappa shape index (κ2) is 16.0. The van der Waals surface area contributed by atoms with Crippen molar-refractivity contribution in [1.29, 1.82) is 0 Å². The zero-order valence-electron chi connectivity index (χ0n) is 18.7. The van der Waals surface area contributed by atoms with E-state index in [4.69, 9.17) is 0 Å². The summed E-state index contributed by atoms with van der Waals surface area (Å²) in [6, 6.07) is -1.60.